The highest BCUT2D eigenvalue weighted by Crippen LogP contribution is 2.28. The lowest BCUT2D eigenvalue weighted by atomic mass is 9.97. The molecule has 4 nitrogen and oxygen atoms in total. The summed E-state index contributed by atoms with van der Waals surface area (Å²) in [7, 11) is 0. The van der Waals surface area contributed by atoms with Gasteiger partial charge >= 0.3 is 5.97 Å². The Morgan fingerprint density at radius 2 is 1.86 bits per heavy atom. The average Bonchev–Trinajstić information content (AvgIpc) is 2.84. The zero-order chi connectivity index (χ0) is 15.5. The van der Waals surface area contributed by atoms with Gasteiger partial charge in [-0.1, -0.05) is 6.92 Å². The zero-order valence-corrected chi connectivity index (χ0v) is 14.2. The third-order valence-electron chi connectivity index (χ3n) is 4.69. The highest BCUT2D eigenvalue weighted by atomic mass is 16.6. The van der Waals surface area contributed by atoms with Gasteiger partial charge in [-0.3, -0.25) is 4.79 Å². The predicted molar refractivity (Wildman–Crippen MR) is 85.2 cm³/mol. The summed E-state index contributed by atoms with van der Waals surface area (Å²) in [6.45, 7) is 10.9. The lowest BCUT2D eigenvalue weighted by Gasteiger charge is -2.35. The number of ether oxygens (including phenoxy) is 1. The number of nitrogens with one attached hydrogen (secondary N) is 1. The van der Waals surface area contributed by atoms with Crippen LogP contribution in [-0.2, 0) is 9.53 Å². The number of nitrogens with zero attached hydrogens (tertiary/aromatic N) is 1. The molecule has 2 fully saturated rings. The van der Waals surface area contributed by atoms with E-state index >= 15 is 0 Å². The summed E-state index contributed by atoms with van der Waals surface area (Å²) in [6, 6.07) is 1.19. The molecule has 0 aromatic rings. The summed E-state index contributed by atoms with van der Waals surface area (Å²) in [4.78, 5) is 14.4. The van der Waals surface area contributed by atoms with Crippen molar-refractivity contribution in [3.05, 3.63) is 0 Å². The van der Waals surface area contributed by atoms with E-state index < -0.39 is 0 Å². The summed E-state index contributed by atoms with van der Waals surface area (Å²) >= 11 is 0. The molecule has 0 aromatic heterocycles. The molecule has 1 N–H and O–H groups in total. The molecule has 2 atom stereocenters. The van der Waals surface area contributed by atoms with Gasteiger partial charge in [0.05, 0.1) is 6.54 Å². The molecule has 2 aliphatic rings. The van der Waals surface area contributed by atoms with Gasteiger partial charge < -0.3 is 15.0 Å². The second-order valence-corrected chi connectivity index (χ2v) is 7.85. The quantitative estimate of drug-likeness (QED) is 0.810. The highest BCUT2D eigenvalue weighted by molar-refractivity contribution is 5.72. The van der Waals surface area contributed by atoms with Crippen LogP contribution < -0.4 is 5.32 Å². The first kappa shape index (κ1) is 16.8. The second-order valence-electron chi connectivity index (χ2n) is 7.85. The van der Waals surface area contributed by atoms with Crippen LogP contribution >= 0.6 is 0 Å². The Bertz CT molecular complexity index is 343. The molecule has 4 heteroatoms. The van der Waals surface area contributed by atoms with Gasteiger partial charge in [-0.15, -0.1) is 0 Å². The smallest absolute Gasteiger partial charge is 0.320 e. The Kier molecular flexibility index (Phi) is 5.67. The highest BCUT2D eigenvalue weighted by Gasteiger charge is 2.31. The first-order valence-corrected chi connectivity index (χ1v) is 8.53. The number of likely N-dealkylation sites (tertiary alicyclic amines) is 1. The van der Waals surface area contributed by atoms with E-state index in [0.29, 0.717) is 18.6 Å². The van der Waals surface area contributed by atoms with Crippen LogP contribution in [0.2, 0.25) is 0 Å². The molecule has 0 unspecified atom stereocenters. The predicted octanol–water partition coefficient (Wildman–Crippen LogP) is 2.57. The number of rotatable bonds is 4. The topological polar surface area (TPSA) is 41.6 Å². The van der Waals surface area contributed by atoms with Crippen molar-refractivity contribution in [2.75, 3.05) is 19.6 Å². The zero-order valence-electron chi connectivity index (χ0n) is 14.2. The van der Waals surface area contributed by atoms with E-state index in [-0.39, 0.29) is 11.6 Å². The summed E-state index contributed by atoms with van der Waals surface area (Å²) in [5.74, 6) is 0.751. The number of esters is 1. The van der Waals surface area contributed by atoms with Crippen molar-refractivity contribution < 1.29 is 9.53 Å². The summed E-state index contributed by atoms with van der Waals surface area (Å²) in [5.41, 5.74) is -0.387. The third kappa shape index (κ3) is 5.59. The number of hydrogen-bond acceptors (Lipinski definition) is 4. The Hall–Kier alpha value is -0.610. The molecular weight excluding hydrogens is 264 g/mol. The van der Waals surface area contributed by atoms with E-state index in [1.165, 1.54) is 45.2 Å². The van der Waals surface area contributed by atoms with E-state index in [1.54, 1.807) is 0 Å². The van der Waals surface area contributed by atoms with Gasteiger partial charge in [0.2, 0.25) is 0 Å². The molecule has 2 rings (SSSR count). The first-order valence-electron chi connectivity index (χ1n) is 8.53. The lowest BCUT2D eigenvalue weighted by molar-refractivity contribution is -0.153. The fourth-order valence-electron chi connectivity index (χ4n) is 3.47. The van der Waals surface area contributed by atoms with Crippen LogP contribution in [-0.4, -0.2) is 48.2 Å². The average molecular weight is 296 g/mol. The summed E-state index contributed by atoms with van der Waals surface area (Å²) < 4.78 is 5.34. The van der Waals surface area contributed by atoms with Crippen molar-refractivity contribution >= 4 is 5.97 Å². The van der Waals surface area contributed by atoms with Crippen molar-refractivity contribution in [2.45, 2.75) is 77.5 Å². The minimum Gasteiger partial charge on any atom is -0.459 e. The molecule has 1 aliphatic heterocycles. The van der Waals surface area contributed by atoms with Gasteiger partial charge in [0.15, 0.2) is 0 Å². The summed E-state index contributed by atoms with van der Waals surface area (Å²) in [6.07, 6.45) is 6.30. The van der Waals surface area contributed by atoms with E-state index in [4.69, 9.17) is 4.74 Å². The monoisotopic (exact) mass is 296 g/mol. The van der Waals surface area contributed by atoms with E-state index in [2.05, 4.69) is 17.1 Å². The molecule has 122 valence electrons. The molecule has 1 aliphatic carbocycles. The van der Waals surface area contributed by atoms with Crippen LogP contribution in [0, 0.1) is 5.92 Å². The molecule has 0 spiro atoms. The summed E-state index contributed by atoms with van der Waals surface area (Å²) in [5, 5.41) is 3.38. The van der Waals surface area contributed by atoms with Gasteiger partial charge in [-0.2, -0.15) is 0 Å². The molecule has 0 radical (unpaired) electrons. The number of piperidine rings is 1. The van der Waals surface area contributed by atoms with Crippen LogP contribution in [0.5, 0.6) is 0 Å². The number of carbonyl (C=O) groups excluding carboxylic acids is 1. The lowest BCUT2D eigenvalue weighted by Crippen LogP contribution is -2.41. The van der Waals surface area contributed by atoms with Gasteiger partial charge in [0, 0.05) is 12.1 Å². The van der Waals surface area contributed by atoms with Crippen LogP contribution in [0.4, 0.5) is 0 Å². The van der Waals surface area contributed by atoms with Crippen molar-refractivity contribution in [1.82, 2.24) is 10.2 Å². The fourth-order valence-corrected chi connectivity index (χ4v) is 3.47. The molecule has 1 saturated carbocycles. The molecule has 1 heterocycles. The van der Waals surface area contributed by atoms with Gasteiger partial charge in [-0.05, 0) is 71.9 Å². The molecule has 21 heavy (non-hydrogen) atoms. The van der Waals surface area contributed by atoms with E-state index in [0.717, 1.165) is 5.92 Å². The van der Waals surface area contributed by atoms with Crippen LogP contribution in [0.3, 0.4) is 0 Å². The van der Waals surface area contributed by atoms with E-state index in [1.807, 2.05) is 20.8 Å². The molecule has 0 aromatic carbocycles. The van der Waals surface area contributed by atoms with Crippen LogP contribution in [0.15, 0.2) is 0 Å². The molecule has 1 saturated heterocycles. The Morgan fingerprint density at radius 3 is 2.48 bits per heavy atom. The largest absolute Gasteiger partial charge is 0.459 e. The minimum atomic E-state index is -0.387. The van der Waals surface area contributed by atoms with Crippen molar-refractivity contribution in [1.29, 1.82) is 0 Å². The van der Waals surface area contributed by atoms with Gasteiger partial charge in [-0.25, -0.2) is 0 Å². The van der Waals surface area contributed by atoms with Crippen LogP contribution in [0.25, 0.3) is 0 Å². The van der Waals surface area contributed by atoms with Crippen LogP contribution in [0.1, 0.15) is 59.8 Å². The molecule has 0 amide bonds. The Morgan fingerprint density at radius 1 is 1.19 bits per heavy atom. The second kappa shape index (κ2) is 7.10. The molecule has 0 bridgehead atoms. The maximum Gasteiger partial charge on any atom is 0.320 e. The maximum absolute atomic E-state index is 11.7. The van der Waals surface area contributed by atoms with Gasteiger partial charge in [0.25, 0.3) is 0 Å². The van der Waals surface area contributed by atoms with Gasteiger partial charge in [0.1, 0.15) is 5.60 Å². The van der Waals surface area contributed by atoms with Crippen molar-refractivity contribution in [3.63, 3.8) is 0 Å². The Balaban J connectivity index is 1.67. The Labute approximate surface area is 129 Å². The third-order valence-corrected chi connectivity index (χ3v) is 4.69. The standard InChI is InChI=1S/C17H32N2O2/c1-13-7-9-19(10-8-13)15-6-5-14(11-15)18-12-16(20)21-17(2,3)4/h13-15,18H,5-12H2,1-4H3/t14-,15+/m0/s1. The normalized spacial score (nSPS) is 28.8. The molecular formula is C17H32N2O2. The maximum atomic E-state index is 11.7. The minimum absolute atomic E-state index is 0.141. The van der Waals surface area contributed by atoms with Crippen molar-refractivity contribution in [3.8, 4) is 0 Å². The number of carbonyl (C=O) groups is 1. The van der Waals surface area contributed by atoms with Crippen molar-refractivity contribution in [2.24, 2.45) is 5.92 Å². The first-order chi connectivity index (χ1) is 9.83. The van der Waals surface area contributed by atoms with E-state index in [9.17, 15) is 4.79 Å². The fraction of sp³-hybridized carbons (Fsp3) is 0.941. The number of hydrogen-bond donors (Lipinski definition) is 1. The SMILES string of the molecule is CC1CCN([C@@H]2CC[C@H](NCC(=O)OC(C)(C)C)C2)CC1.